The highest BCUT2D eigenvalue weighted by Crippen LogP contribution is 2.29. The van der Waals surface area contributed by atoms with Crippen LogP contribution in [0.1, 0.15) is 38.2 Å². The molecule has 0 spiro atoms. The number of carbonyl (C=O) groups excluding carboxylic acids is 2. The van der Waals surface area contributed by atoms with Crippen LogP contribution >= 0.6 is 11.6 Å². The fourth-order valence-electron chi connectivity index (χ4n) is 3.88. The zero-order valence-electron chi connectivity index (χ0n) is 19.3. The predicted molar refractivity (Wildman–Crippen MR) is 132 cm³/mol. The first-order chi connectivity index (χ1) is 16.4. The Morgan fingerprint density at radius 2 is 1.94 bits per heavy atom. The molecule has 2 atom stereocenters. The number of anilines is 1. The number of para-hydroxylation sites is 1. The Morgan fingerprint density at radius 3 is 2.65 bits per heavy atom. The largest absolute Gasteiger partial charge is 0.493 e. The molecule has 1 saturated carbocycles. The zero-order valence-corrected chi connectivity index (χ0v) is 20.0. The normalized spacial score (nSPS) is 17.9. The fraction of sp³-hybridized carbons (Fsp3) is 0.346. The molecule has 0 bridgehead atoms. The SMILES string of the molecule is COc1cc(/C=C(\C#N)C(=O)N[C@@H]2CCCC[C@@H]2C)ccc1OCC(=O)Nc1ccccc1Cl. The molecule has 7 nitrogen and oxygen atoms in total. The van der Waals surface area contributed by atoms with Crippen LogP contribution in [0.25, 0.3) is 6.08 Å². The molecule has 0 saturated heterocycles. The second kappa shape index (κ2) is 12.1. The lowest BCUT2D eigenvalue weighted by molar-refractivity contribution is -0.119. The van der Waals surface area contributed by atoms with Crippen molar-refractivity contribution in [3.05, 3.63) is 58.6 Å². The molecular weight excluding hydrogens is 454 g/mol. The van der Waals surface area contributed by atoms with E-state index in [1.165, 1.54) is 19.6 Å². The van der Waals surface area contributed by atoms with E-state index in [2.05, 4.69) is 17.6 Å². The van der Waals surface area contributed by atoms with Crippen molar-refractivity contribution in [2.75, 3.05) is 19.0 Å². The first-order valence-electron chi connectivity index (χ1n) is 11.2. The Hall–Kier alpha value is -3.50. The topological polar surface area (TPSA) is 100 Å². The first kappa shape index (κ1) is 25.1. The fourth-order valence-corrected chi connectivity index (χ4v) is 4.06. The standard InChI is InChI=1S/C26H28ClN3O4/c1-17-7-3-5-9-21(17)30-26(32)19(15-28)13-18-11-12-23(24(14-18)33-2)34-16-25(31)29-22-10-6-4-8-20(22)27/h4,6,8,10-14,17,21H,3,5,7,9,16H2,1-2H3,(H,29,31)(H,30,32)/b19-13+/t17-,21+/m0/s1. The molecular formula is C26H28ClN3O4. The molecule has 1 aliphatic rings. The molecule has 3 rings (SSSR count). The molecule has 0 aromatic heterocycles. The molecule has 2 N–H and O–H groups in total. The summed E-state index contributed by atoms with van der Waals surface area (Å²) >= 11 is 6.06. The summed E-state index contributed by atoms with van der Waals surface area (Å²) in [5, 5.41) is 15.6. The Kier molecular flexibility index (Phi) is 8.94. The molecule has 8 heteroatoms. The van der Waals surface area contributed by atoms with E-state index in [4.69, 9.17) is 21.1 Å². The monoisotopic (exact) mass is 481 g/mol. The molecule has 0 heterocycles. The molecule has 0 radical (unpaired) electrons. The third-order valence-corrected chi connectivity index (χ3v) is 6.13. The molecule has 1 fully saturated rings. The van der Waals surface area contributed by atoms with E-state index < -0.39 is 0 Å². The average Bonchev–Trinajstić information content (AvgIpc) is 2.84. The van der Waals surface area contributed by atoms with Gasteiger partial charge in [0, 0.05) is 6.04 Å². The Balaban J connectivity index is 1.65. The van der Waals surface area contributed by atoms with E-state index in [1.807, 2.05) is 6.07 Å². The molecule has 2 amide bonds. The minimum absolute atomic E-state index is 0.0209. The smallest absolute Gasteiger partial charge is 0.262 e. The molecule has 178 valence electrons. The Bertz CT molecular complexity index is 1110. The number of amides is 2. The van der Waals surface area contributed by atoms with E-state index in [0.717, 1.165) is 19.3 Å². The molecule has 2 aromatic rings. The minimum Gasteiger partial charge on any atom is -0.493 e. The van der Waals surface area contributed by atoms with E-state index in [-0.39, 0.29) is 30.0 Å². The van der Waals surface area contributed by atoms with Gasteiger partial charge in [0.25, 0.3) is 11.8 Å². The summed E-state index contributed by atoms with van der Waals surface area (Å²) in [6.45, 7) is 1.88. The number of nitrogens with one attached hydrogen (secondary N) is 2. The van der Waals surface area contributed by atoms with Crippen molar-refractivity contribution >= 4 is 35.2 Å². The Labute approximate surface area is 204 Å². The number of carbonyl (C=O) groups is 2. The van der Waals surface area contributed by atoms with Crippen molar-refractivity contribution in [1.82, 2.24) is 5.32 Å². The highest BCUT2D eigenvalue weighted by Gasteiger charge is 2.24. The number of rotatable bonds is 8. The van der Waals surface area contributed by atoms with Crippen LogP contribution in [-0.2, 0) is 9.59 Å². The zero-order chi connectivity index (χ0) is 24.5. The molecule has 0 aliphatic heterocycles. The quantitative estimate of drug-likeness (QED) is 0.409. The Morgan fingerprint density at radius 1 is 1.18 bits per heavy atom. The number of nitrogens with zero attached hydrogens (tertiary/aromatic N) is 1. The summed E-state index contributed by atoms with van der Waals surface area (Å²) < 4.78 is 11.0. The maximum atomic E-state index is 12.7. The van der Waals surface area contributed by atoms with Crippen LogP contribution in [0.5, 0.6) is 11.5 Å². The lowest BCUT2D eigenvalue weighted by Gasteiger charge is -2.29. The van der Waals surface area contributed by atoms with Crippen LogP contribution in [0.4, 0.5) is 5.69 Å². The van der Waals surface area contributed by atoms with Crippen LogP contribution in [0, 0.1) is 17.2 Å². The van der Waals surface area contributed by atoms with Gasteiger partial charge in [-0.05, 0) is 54.7 Å². The van der Waals surface area contributed by atoms with E-state index in [1.54, 1.807) is 42.5 Å². The van der Waals surface area contributed by atoms with E-state index in [9.17, 15) is 14.9 Å². The predicted octanol–water partition coefficient (Wildman–Crippen LogP) is 4.97. The van der Waals surface area contributed by atoms with Gasteiger partial charge in [0.15, 0.2) is 18.1 Å². The maximum Gasteiger partial charge on any atom is 0.262 e. The first-order valence-corrected chi connectivity index (χ1v) is 11.6. The summed E-state index contributed by atoms with van der Waals surface area (Å²) in [7, 11) is 1.47. The van der Waals surface area contributed by atoms with Gasteiger partial charge in [0.1, 0.15) is 11.6 Å². The van der Waals surface area contributed by atoms with Crippen LogP contribution in [0.15, 0.2) is 48.0 Å². The average molecular weight is 482 g/mol. The van der Waals surface area contributed by atoms with Gasteiger partial charge < -0.3 is 20.1 Å². The second-order valence-corrected chi connectivity index (χ2v) is 8.65. The van der Waals surface area contributed by atoms with Crippen LogP contribution < -0.4 is 20.1 Å². The third kappa shape index (κ3) is 6.75. The van der Waals surface area contributed by atoms with Crippen LogP contribution in [0.3, 0.4) is 0 Å². The summed E-state index contributed by atoms with van der Waals surface area (Å²) in [6, 6.07) is 14.0. The van der Waals surface area contributed by atoms with Crippen molar-refractivity contribution < 1.29 is 19.1 Å². The number of hydrogen-bond acceptors (Lipinski definition) is 5. The van der Waals surface area contributed by atoms with Gasteiger partial charge in [-0.1, -0.05) is 49.6 Å². The lowest BCUT2D eigenvalue weighted by atomic mass is 9.86. The van der Waals surface area contributed by atoms with E-state index in [0.29, 0.717) is 33.7 Å². The molecule has 0 unspecified atom stereocenters. The number of methoxy groups -OCH3 is 1. The van der Waals surface area contributed by atoms with Crippen LogP contribution in [-0.4, -0.2) is 31.6 Å². The molecule has 2 aromatic carbocycles. The molecule has 34 heavy (non-hydrogen) atoms. The lowest BCUT2D eigenvalue weighted by Crippen LogP contribution is -2.41. The minimum atomic E-state index is -0.378. The summed E-state index contributed by atoms with van der Waals surface area (Å²) in [5.74, 6) is 0.367. The number of ether oxygens (including phenoxy) is 2. The van der Waals surface area contributed by atoms with Gasteiger partial charge in [-0.3, -0.25) is 9.59 Å². The summed E-state index contributed by atoms with van der Waals surface area (Å²) in [4.78, 5) is 24.9. The number of hydrogen-bond donors (Lipinski definition) is 2. The van der Waals surface area contributed by atoms with Gasteiger partial charge in [-0.15, -0.1) is 0 Å². The van der Waals surface area contributed by atoms with Crippen molar-refractivity contribution in [1.29, 1.82) is 5.26 Å². The number of halogens is 1. The van der Waals surface area contributed by atoms with Crippen molar-refractivity contribution in [2.45, 2.75) is 38.6 Å². The van der Waals surface area contributed by atoms with Gasteiger partial charge in [0.2, 0.25) is 0 Å². The third-order valence-electron chi connectivity index (χ3n) is 5.80. The van der Waals surface area contributed by atoms with Crippen LogP contribution in [0.2, 0.25) is 5.02 Å². The van der Waals surface area contributed by atoms with Gasteiger partial charge >= 0.3 is 0 Å². The van der Waals surface area contributed by atoms with Crippen molar-refractivity contribution in [2.24, 2.45) is 5.92 Å². The molecule has 1 aliphatic carbocycles. The highest BCUT2D eigenvalue weighted by molar-refractivity contribution is 6.33. The number of benzene rings is 2. The number of nitriles is 1. The van der Waals surface area contributed by atoms with Crippen molar-refractivity contribution in [3.63, 3.8) is 0 Å². The van der Waals surface area contributed by atoms with E-state index >= 15 is 0 Å². The van der Waals surface area contributed by atoms with Gasteiger partial charge in [0.05, 0.1) is 17.8 Å². The highest BCUT2D eigenvalue weighted by atomic mass is 35.5. The maximum absolute atomic E-state index is 12.7. The summed E-state index contributed by atoms with van der Waals surface area (Å²) in [6.07, 6.45) is 5.76. The summed E-state index contributed by atoms with van der Waals surface area (Å²) in [5.41, 5.74) is 1.12. The van der Waals surface area contributed by atoms with Gasteiger partial charge in [-0.2, -0.15) is 5.26 Å². The van der Waals surface area contributed by atoms with Gasteiger partial charge in [-0.25, -0.2) is 0 Å². The van der Waals surface area contributed by atoms with Crippen molar-refractivity contribution in [3.8, 4) is 17.6 Å². The second-order valence-electron chi connectivity index (χ2n) is 8.24.